The van der Waals surface area contributed by atoms with Crippen LogP contribution in [-0.4, -0.2) is 5.91 Å². The maximum atomic E-state index is 13.4. The van der Waals surface area contributed by atoms with Crippen LogP contribution in [0.2, 0.25) is 0 Å². The highest BCUT2D eigenvalue weighted by Gasteiger charge is 2.12. The van der Waals surface area contributed by atoms with Crippen molar-refractivity contribution in [2.24, 2.45) is 0 Å². The smallest absolute Gasteiger partial charge is 0.224 e. The first-order valence-electron chi connectivity index (χ1n) is 4.49. The minimum Gasteiger partial charge on any atom is -0.324 e. The van der Waals surface area contributed by atoms with Crippen LogP contribution in [0.3, 0.4) is 0 Å². The minimum atomic E-state index is -0.792. The molecule has 0 radical (unpaired) electrons. The molecule has 0 bridgehead atoms. The number of carbonyl (C=O) groups is 1. The van der Waals surface area contributed by atoms with Gasteiger partial charge in [0.25, 0.3) is 0 Å². The summed E-state index contributed by atoms with van der Waals surface area (Å²) in [4.78, 5) is 11.2. The van der Waals surface area contributed by atoms with Crippen molar-refractivity contribution in [1.29, 1.82) is 0 Å². The average molecular weight is 278 g/mol. The van der Waals surface area contributed by atoms with Crippen LogP contribution in [0.5, 0.6) is 0 Å². The molecule has 5 heteroatoms. The second-order valence-corrected chi connectivity index (χ2v) is 3.81. The molecule has 0 atom stereocenters. The van der Waals surface area contributed by atoms with Crippen molar-refractivity contribution in [2.75, 3.05) is 5.32 Å². The molecule has 0 spiro atoms. The number of carbonyl (C=O) groups excluding carboxylic acids is 1. The first kappa shape index (κ1) is 12.1. The number of hydrogen-bond acceptors (Lipinski definition) is 1. The number of hydrogen-bond donors (Lipinski definition) is 1. The second kappa shape index (κ2) is 5.21. The van der Waals surface area contributed by atoms with E-state index in [1.54, 1.807) is 0 Å². The fraction of sp³-hybridized carbons (Fsp3) is 0.300. The van der Waals surface area contributed by atoms with E-state index in [0.29, 0.717) is 12.8 Å². The van der Waals surface area contributed by atoms with Crippen molar-refractivity contribution in [3.8, 4) is 0 Å². The Morgan fingerprint density at radius 2 is 2.13 bits per heavy atom. The first-order chi connectivity index (χ1) is 7.06. The topological polar surface area (TPSA) is 29.1 Å². The molecular formula is C10H10BrF2NO. The SMILES string of the molecule is CCCC(=O)Nc1ccc(F)c(Br)c1F. The monoisotopic (exact) mass is 277 g/mol. The van der Waals surface area contributed by atoms with Gasteiger partial charge in [0, 0.05) is 6.42 Å². The lowest BCUT2D eigenvalue weighted by molar-refractivity contribution is -0.116. The van der Waals surface area contributed by atoms with Crippen molar-refractivity contribution in [1.82, 2.24) is 0 Å². The molecule has 0 fully saturated rings. The van der Waals surface area contributed by atoms with Gasteiger partial charge in [-0.1, -0.05) is 6.92 Å². The molecule has 1 aromatic rings. The number of benzene rings is 1. The Labute approximate surface area is 94.8 Å². The molecule has 15 heavy (non-hydrogen) atoms. The number of nitrogens with one attached hydrogen (secondary N) is 1. The van der Waals surface area contributed by atoms with Crippen LogP contribution in [-0.2, 0) is 4.79 Å². The van der Waals surface area contributed by atoms with Crippen LogP contribution in [0, 0.1) is 11.6 Å². The van der Waals surface area contributed by atoms with Gasteiger partial charge in [-0.2, -0.15) is 0 Å². The summed E-state index contributed by atoms with van der Waals surface area (Å²) in [5, 5.41) is 2.37. The summed E-state index contributed by atoms with van der Waals surface area (Å²) in [5.41, 5.74) is -0.0123. The zero-order valence-corrected chi connectivity index (χ0v) is 9.70. The minimum absolute atomic E-state index is 0.0123. The molecule has 0 unspecified atom stereocenters. The van der Waals surface area contributed by atoms with Gasteiger partial charge in [-0.25, -0.2) is 8.78 Å². The summed E-state index contributed by atoms with van der Waals surface area (Å²) in [7, 11) is 0. The number of anilines is 1. The molecule has 0 heterocycles. The van der Waals surface area contributed by atoms with Crippen molar-refractivity contribution in [2.45, 2.75) is 19.8 Å². The molecule has 0 saturated heterocycles. The molecule has 0 saturated carbocycles. The van der Waals surface area contributed by atoms with E-state index in [1.807, 2.05) is 6.92 Å². The van der Waals surface area contributed by atoms with Crippen LogP contribution < -0.4 is 5.32 Å². The van der Waals surface area contributed by atoms with Gasteiger partial charge in [-0.3, -0.25) is 4.79 Å². The van der Waals surface area contributed by atoms with E-state index >= 15 is 0 Å². The van der Waals surface area contributed by atoms with E-state index in [9.17, 15) is 13.6 Å². The van der Waals surface area contributed by atoms with E-state index < -0.39 is 11.6 Å². The van der Waals surface area contributed by atoms with Crippen molar-refractivity contribution in [3.63, 3.8) is 0 Å². The van der Waals surface area contributed by atoms with E-state index in [2.05, 4.69) is 21.2 Å². The van der Waals surface area contributed by atoms with Gasteiger partial charge in [0.05, 0.1) is 10.2 Å². The molecule has 1 amide bonds. The fourth-order valence-corrected chi connectivity index (χ4v) is 1.41. The van der Waals surface area contributed by atoms with Gasteiger partial charge in [0.15, 0.2) is 5.82 Å². The van der Waals surface area contributed by atoms with Gasteiger partial charge >= 0.3 is 0 Å². The third-order valence-electron chi connectivity index (χ3n) is 1.79. The molecular weight excluding hydrogens is 268 g/mol. The maximum absolute atomic E-state index is 13.4. The normalized spacial score (nSPS) is 10.1. The Morgan fingerprint density at radius 3 is 2.73 bits per heavy atom. The summed E-state index contributed by atoms with van der Waals surface area (Å²) in [6, 6.07) is 2.29. The second-order valence-electron chi connectivity index (χ2n) is 3.02. The highest BCUT2D eigenvalue weighted by molar-refractivity contribution is 9.10. The van der Waals surface area contributed by atoms with Gasteiger partial charge in [0.2, 0.25) is 5.91 Å². The molecule has 82 valence electrons. The Bertz CT molecular complexity index is 382. The number of rotatable bonds is 3. The third-order valence-corrected chi connectivity index (χ3v) is 2.51. The molecule has 0 aliphatic rings. The van der Waals surface area contributed by atoms with Crippen LogP contribution in [0.1, 0.15) is 19.8 Å². The van der Waals surface area contributed by atoms with Gasteiger partial charge in [-0.05, 0) is 34.5 Å². The highest BCUT2D eigenvalue weighted by Crippen LogP contribution is 2.25. The van der Waals surface area contributed by atoms with Crippen LogP contribution in [0.25, 0.3) is 0 Å². The summed E-state index contributed by atoms with van der Waals surface area (Å²) in [5.74, 6) is -1.77. The molecule has 1 rings (SSSR count). The van der Waals surface area contributed by atoms with E-state index in [1.165, 1.54) is 6.07 Å². The van der Waals surface area contributed by atoms with Gasteiger partial charge in [0.1, 0.15) is 5.82 Å². The van der Waals surface area contributed by atoms with E-state index in [0.717, 1.165) is 6.07 Å². The lowest BCUT2D eigenvalue weighted by atomic mass is 10.2. The van der Waals surface area contributed by atoms with E-state index in [4.69, 9.17) is 0 Å². The summed E-state index contributed by atoms with van der Waals surface area (Å²) < 4.78 is 25.9. The number of amides is 1. The highest BCUT2D eigenvalue weighted by atomic mass is 79.9. The fourth-order valence-electron chi connectivity index (χ4n) is 1.06. The standard InChI is InChI=1S/C10H10BrF2NO/c1-2-3-8(15)14-7-5-4-6(12)9(11)10(7)13/h4-5H,2-3H2,1H3,(H,14,15). The molecule has 1 aromatic carbocycles. The van der Waals surface area contributed by atoms with Crippen molar-refractivity contribution in [3.05, 3.63) is 28.2 Å². The lowest BCUT2D eigenvalue weighted by Gasteiger charge is -2.07. The molecule has 0 aromatic heterocycles. The predicted molar refractivity (Wildman–Crippen MR) is 57.6 cm³/mol. The summed E-state index contributed by atoms with van der Waals surface area (Å²) in [6.07, 6.45) is 0.990. The third kappa shape index (κ3) is 2.99. The van der Waals surface area contributed by atoms with Gasteiger partial charge < -0.3 is 5.32 Å². The van der Waals surface area contributed by atoms with Crippen LogP contribution >= 0.6 is 15.9 Å². The summed E-state index contributed by atoms with van der Waals surface area (Å²) in [6.45, 7) is 1.84. The maximum Gasteiger partial charge on any atom is 0.224 e. The predicted octanol–water partition coefficient (Wildman–Crippen LogP) is 3.47. The Kier molecular flexibility index (Phi) is 4.20. The molecule has 1 N–H and O–H groups in total. The van der Waals surface area contributed by atoms with Crippen LogP contribution in [0.15, 0.2) is 16.6 Å². The van der Waals surface area contributed by atoms with Gasteiger partial charge in [-0.15, -0.1) is 0 Å². The Morgan fingerprint density at radius 1 is 1.47 bits per heavy atom. The van der Waals surface area contributed by atoms with Crippen molar-refractivity contribution < 1.29 is 13.6 Å². The first-order valence-corrected chi connectivity index (χ1v) is 5.29. The molecule has 2 nitrogen and oxygen atoms in total. The molecule has 0 aliphatic carbocycles. The lowest BCUT2D eigenvalue weighted by Crippen LogP contribution is -2.12. The number of halogens is 3. The summed E-state index contributed by atoms with van der Waals surface area (Å²) >= 11 is 2.76. The zero-order chi connectivity index (χ0) is 11.4. The zero-order valence-electron chi connectivity index (χ0n) is 8.11. The largest absolute Gasteiger partial charge is 0.324 e. The molecule has 0 aliphatic heterocycles. The van der Waals surface area contributed by atoms with Crippen LogP contribution in [0.4, 0.5) is 14.5 Å². The Balaban J connectivity index is 2.87. The Hall–Kier alpha value is -0.970. The quantitative estimate of drug-likeness (QED) is 0.843. The van der Waals surface area contributed by atoms with Crippen molar-refractivity contribution >= 4 is 27.5 Å². The van der Waals surface area contributed by atoms with E-state index in [-0.39, 0.29) is 16.1 Å². The average Bonchev–Trinajstić information content (AvgIpc) is 2.20.